The third-order valence-corrected chi connectivity index (χ3v) is 4.72. The van der Waals surface area contributed by atoms with E-state index in [0.717, 1.165) is 19.7 Å². The van der Waals surface area contributed by atoms with Crippen LogP contribution in [-0.2, 0) is 16.7 Å². The van der Waals surface area contributed by atoms with E-state index >= 15 is 0 Å². The molecule has 3 nitrogen and oxygen atoms in total. The molecule has 1 aliphatic carbocycles. The number of hydrogen-bond acceptors (Lipinski definition) is 4. The molecule has 114 valence electrons. The molecule has 1 fully saturated rings. The number of aromatic nitrogens is 1. The number of nitrogens with zero attached hydrogens (tertiary/aromatic N) is 1. The first kappa shape index (κ1) is 15.9. The fourth-order valence-electron chi connectivity index (χ4n) is 2.42. The van der Waals surface area contributed by atoms with Gasteiger partial charge in [0.1, 0.15) is 11.1 Å². The maximum Gasteiger partial charge on any atom is 0.122 e. The van der Waals surface area contributed by atoms with Crippen molar-refractivity contribution in [2.75, 3.05) is 13.2 Å². The maximum atomic E-state index is 5.96. The summed E-state index contributed by atoms with van der Waals surface area (Å²) in [5.74, 6) is 0.695. The topological polar surface area (TPSA) is 34.1 Å². The Labute approximate surface area is 127 Å². The Kier molecular flexibility index (Phi) is 5.21. The minimum Gasteiger partial charge on any atom is -0.371 e. The molecule has 1 unspecified atom stereocenters. The van der Waals surface area contributed by atoms with E-state index in [1.54, 1.807) is 0 Å². The second-order valence-corrected chi connectivity index (χ2v) is 7.68. The van der Waals surface area contributed by atoms with Gasteiger partial charge in [-0.3, -0.25) is 0 Å². The van der Waals surface area contributed by atoms with E-state index in [4.69, 9.17) is 9.72 Å². The Hall–Kier alpha value is -0.450. The van der Waals surface area contributed by atoms with Gasteiger partial charge in [0.25, 0.3) is 0 Å². The number of rotatable bonds is 7. The molecule has 2 rings (SSSR count). The first-order chi connectivity index (χ1) is 9.47. The van der Waals surface area contributed by atoms with Gasteiger partial charge in [0.15, 0.2) is 0 Å². The smallest absolute Gasteiger partial charge is 0.122 e. The number of hydrogen-bond donors (Lipinski definition) is 1. The molecule has 0 bridgehead atoms. The molecule has 0 radical (unpaired) electrons. The van der Waals surface area contributed by atoms with Crippen molar-refractivity contribution in [1.29, 1.82) is 0 Å². The van der Waals surface area contributed by atoms with Crippen LogP contribution < -0.4 is 5.32 Å². The summed E-state index contributed by atoms with van der Waals surface area (Å²) in [6.07, 6.45) is 2.80. The van der Waals surface area contributed by atoms with Gasteiger partial charge < -0.3 is 10.1 Å². The lowest BCUT2D eigenvalue weighted by molar-refractivity contribution is 0.0460. The lowest BCUT2D eigenvalue weighted by Crippen LogP contribution is -2.18. The van der Waals surface area contributed by atoms with Crippen LogP contribution in [0.1, 0.15) is 69.1 Å². The van der Waals surface area contributed by atoms with Gasteiger partial charge in [0.05, 0.1) is 5.69 Å². The van der Waals surface area contributed by atoms with E-state index in [1.165, 1.54) is 28.4 Å². The zero-order chi connectivity index (χ0) is 14.8. The van der Waals surface area contributed by atoms with Crippen LogP contribution in [-0.4, -0.2) is 18.1 Å². The highest BCUT2D eigenvalue weighted by Crippen LogP contribution is 2.45. The van der Waals surface area contributed by atoms with Crippen LogP contribution in [0.2, 0.25) is 0 Å². The highest BCUT2D eigenvalue weighted by atomic mass is 32.1. The number of thiazole rings is 1. The summed E-state index contributed by atoms with van der Waals surface area (Å²) in [6, 6.07) is 0. The Morgan fingerprint density at radius 1 is 1.35 bits per heavy atom. The first-order valence-corrected chi connectivity index (χ1v) is 8.61. The highest BCUT2D eigenvalue weighted by Gasteiger charge is 2.36. The molecule has 1 aliphatic rings. The zero-order valence-electron chi connectivity index (χ0n) is 13.5. The lowest BCUT2D eigenvalue weighted by atomic mass is 9.91. The summed E-state index contributed by atoms with van der Waals surface area (Å²) in [7, 11) is 0. The summed E-state index contributed by atoms with van der Waals surface area (Å²) >= 11 is 1.84. The molecule has 1 heterocycles. The van der Waals surface area contributed by atoms with E-state index in [2.05, 4.69) is 39.9 Å². The molecule has 1 atom stereocenters. The fourth-order valence-corrected chi connectivity index (χ4v) is 3.81. The molecule has 0 aliphatic heterocycles. The third-order valence-electron chi connectivity index (χ3n) is 3.60. The summed E-state index contributed by atoms with van der Waals surface area (Å²) in [6.45, 7) is 13.6. The molecular weight excluding hydrogens is 268 g/mol. The highest BCUT2D eigenvalue weighted by molar-refractivity contribution is 7.11. The van der Waals surface area contributed by atoms with Crippen molar-refractivity contribution >= 4 is 11.3 Å². The largest absolute Gasteiger partial charge is 0.371 e. The van der Waals surface area contributed by atoms with Crippen molar-refractivity contribution in [3.63, 3.8) is 0 Å². The molecule has 0 amide bonds. The second kappa shape index (κ2) is 6.54. The van der Waals surface area contributed by atoms with Crippen LogP contribution in [0.5, 0.6) is 0 Å². The normalized spacial score (nSPS) is 17.4. The molecule has 0 aromatic carbocycles. The number of nitrogens with one attached hydrogen (secondary N) is 1. The van der Waals surface area contributed by atoms with Gasteiger partial charge in [-0.05, 0) is 32.2 Å². The summed E-state index contributed by atoms with van der Waals surface area (Å²) in [4.78, 5) is 6.34. The Morgan fingerprint density at radius 2 is 2.05 bits per heavy atom. The zero-order valence-corrected chi connectivity index (χ0v) is 14.3. The molecule has 4 heteroatoms. The van der Waals surface area contributed by atoms with Gasteiger partial charge >= 0.3 is 0 Å². The van der Waals surface area contributed by atoms with Crippen molar-refractivity contribution < 1.29 is 4.74 Å². The fraction of sp³-hybridized carbons (Fsp3) is 0.812. The second-order valence-electron chi connectivity index (χ2n) is 6.57. The van der Waals surface area contributed by atoms with Gasteiger partial charge in [-0.25, -0.2) is 4.98 Å². The quantitative estimate of drug-likeness (QED) is 0.824. The molecule has 0 saturated heterocycles. The van der Waals surface area contributed by atoms with Gasteiger partial charge in [-0.2, -0.15) is 0 Å². The SMILES string of the molecule is CCNCc1sc(C(OCC)C2CC2)nc1C(C)(C)C. The average Bonchev–Trinajstić information content (AvgIpc) is 3.11. The molecular formula is C16H28N2OS. The van der Waals surface area contributed by atoms with Crippen LogP contribution in [0.3, 0.4) is 0 Å². The summed E-state index contributed by atoms with van der Waals surface area (Å²) in [5, 5.41) is 4.62. The van der Waals surface area contributed by atoms with E-state index in [-0.39, 0.29) is 11.5 Å². The van der Waals surface area contributed by atoms with Crippen LogP contribution >= 0.6 is 11.3 Å². The molecule has 20 heavy (non-hydrogen) atoms. The monoisotopic (exact) mass is 296 g/mol. The average molecular weight is 296 g/mol. The summed E-state index contributed by atoms with van der Waals surface area (Å²) < 4.78 is 5.96. The van der Waals surface area contributed by atoms with Crippen molar-refractivity contribution in [2.24, 2.45) is 5.92 Å². The van der Waals surface area contributed by atoms with E-state index in [0.29, 0.717) is 5.92 Å². The molecule has 1 aromatic rings. The Morgan fingerprint density at radius 3 is 2.55 bits per heavy atom. The summed E-state index contributed by atoms with van der Waals surface area (Å²) in [5.41, 5.74) is 1.34. The minimum absolute atomic E-state index is 0.0970. The first-order valence-electron chi connectivity index (χ1n) is 7.79. The van der Waals surface area contributed by atoms with Gasteiger partial charge in [0.2, 0.25) is 0 Å². The minimum atomic E-state index is 0.0970. The van der Waals surface area contributed by atoms with E-state index in [1.807, 2.05) is 11.3 Å². The third kappa shape index (κ3) is 3.80. The van der Waals surface area contributed by atoms with E-state index in [9.17, 15) is 0 Å². The standard InChI is InChI=1S/C16H28N2OS/c1-6-17-10-12-14(16(3,4)5)18-15(20-12)13(19-7-2)11-8-9-11/h11,13,17H,6-10H2,1-5H3. The van der Waals surface area contributed by atoms with Crippen molar-refractivity contribution in [1.82, 2.24) is 10.3 Å². The van der Waals surface area contributed by atoms with Gasteiger partial charge in [-0.15, -0.1) is 11.3 Å². The maximum absolute atomic E-state index is 5.96. The molecule has 0 spiro atoms. The van der Waals surface area contributed by atoms with Crippen molar-refractivity contribution in [2.45, 2.75) is 65.5 Å². The molecule has 1 saturated carbocycles. The lowest BCUT2D eigenvalue weighted by Gasteiger charge is -2.18. The molecule has 1 aromatic heterocycles. The predicted molar refractivity (Wildman–Crippen MR) is 85.3 cm³/mol. The van der Waals surface area contributed by atoms with Gasteiger partial charge in [0, 0.05) is 23.4 Å². The number of ether oxygens (including phenoxy) is 1. The van der Waals surface area contributed by atoms with Crippen LogP contribution in [0.25, 0.3) is 0 Å². The van der Waals surface area contributed by atoms with Crippen LogP contribution in [0, 0.1) is 5.92 Å². The molecule has 1 N–H and O–H groups in total. The van der Waals surface area contributed by atoms with E-state index < -0.39 is 0 Å². The van der Waals surface area contributed by atoms with Crippen LogP contribution in [0.15, 0.2) is 0 Å². The Balaban J connectivity index is 2.26. The predicted octanol–water partition coefficient (Wildman–Crippen LogP) is 4.04. The van der Waals surface area contributed by atoms with Crippen LogP contribution in [0.4, 0.5) is 0 Å². The van der Waals surface area contributed by atoms with Crippen molar-refractivity contribution in [3.05, 3.63) is 15.6 Å². The van der Waals surface area contributed by atoms with Crippen molar-refractivity contribution in [3.8, 4) is 0 Å². The Bertz CT molecular complexity index is 432. The van der Waals surface area contributed by atoms with Gasteiger partial charge in [-0.1, -0.05) is 27.7 Å².